The van der Waals surface area contributed by atoms with Gasteiger partial charge in [-0.1, -0.05) is 0 Å². The molecule has 0 fully saturated rings. The largest absolute Gasteiger partial charge is 0.298 e. The Morgan fingerprint density at radius 1 is 1.46 bits per heavy atom. The summed E-state index contributed by atoms with van der Waals surface area (Å²) in [4.78, 5) is 14.7. The average molecular weight is 175 g/mol. The number of hydrogen-bond donors (Lipinski definition) is 0. The van der Waals surface area contributed by atoms with Gasteiger partial charge in [0.25, 0.3) is 0 Å². The van der Waals surface area contributed by atoms with Gasteiger partial charge in [0.2, 0.25) is 0 Å². The van der Waals surface area contributed by atoms with E-state index >= 15 is 0 Å². The number of hydrogen-bond acceptors (Lipinski definition) is 3. The first kappa shape index (κ1) is 7.91. The molecule has 0 aliphatic carbocycles. The molecular formula is C9H9N3O. The third kappa shape index (κ3) is 1.11. The molecule has 2 heterocycles. The second-order valence-corrected chi connectivity index (χ2v) is 2.97. The van der Waals surface area contributed by atoms with E-state index in [-0.39, 0.29) is 0 Å². The zero-order valence-electron chi connectivity index (χ0n) is 7.48. The molecule has 0 atom stereocenters. The van der Waals surface area contributed by atoms with Gasteiger partial charge in [-0.2, -0.15) is 5.10 Å². The molecule has 0 N–H and O–H groups in total. The molecule has 0 saturated heterocycles. The van der Waals surface area contributed by atoms with Gasteiger partial charge in [-0.3, -0.25) is 4.79 Å². The minimum Gasteiger partial charge on any atom is -0.298 e. The van der Waals surface area contributed by atoms with E-state index in [0.717, 1.165) is 23.3 Å². The maximum absolute atomic E-state index is 10.6. The zero-order valence-corrected chi connectivity index (χ0v) is 7.48. The summed E-state index contributed by atoms with van der Waals surface area (Å²) in [5.74, 6) is 0. The summed E-state index contributed by atoms with van der Waals surface area (Å²) >= 11 is 0. The van der Waals surface area contributed by atoms with E-state index in [1.165, 1.54) is 0 Å². The Bertz CT molecular complexity index is 473. The van der Waals surface area contributed by atoms with Crippen molar-refractivity contribution in [2.45, 2.75) is 13.8 Å². The maximum atomic E-state index is 10.6. The smallest absolute Gasteiger partial charge is 0.155 e. The Hall–Kier alpha value is -1.71. The van der Waals surface area contributed by atoms with Gasteiger partial charge >= 0.3 is 0 Å². The Morgan fingerprint density at radius 2 is 2.23 bits per heavy atom. The van der Waals surface area contributed by atoms with Gasteiger partial charge in [-0.15, -0.1) is 0 Å². The fourth-order valence-electron chi connectivity index (χ4n) is 1.29. The summed E-state index contributed by atoms with van der Waals surface area (Å²) < 4.78 is 1.68. The van der Waals surface area contributed by atoms with E-state index in [2.05, 4.69) is 10.1 Å². The Labute approximate surface area is 75.2 Å². The molecular weight excluding hydrogens is 166 g/mol. The normalized spacial score (nSPS) is 10.6. The highest BCUT2D eigenvalue weighted by Crippen LogP contribution is 2.08. The van der Waals surface area contributed by atoms with E-state index in [4.69, 9.17) is 0 Å². The predicted molar refractivity (Wildman–Crippen MR) is 47.8 cm³/mol. The van der Waals surface area contributed by atoms with Crippen LogP contribution < -0.4 is 0 Å². The van der Waals surface area contributed by atoms with Gasteiger partial charge in [0.1, 0.15) is 0 Å². The number of aldehydes is 1. The van der Waals surface area contributed by atoms with Crippen LogP contribution in [0.15, 0.2) is 12.3 Å². The van der Waals surface area contributed by atoms with Crippen LogP contribution in [0.2, 0.25) is 0 Å². The van der Waals surface area contributed by atoms with Crippen molar-refractivity contribution >= 4 is 11.9 Å². The molecule has 2 aromatic rings. The number of aryl methyl sites for hydroxylation is 2. The number of fused-ring (bicyclic) bond motifs is 1. The van der Waals surface area contributed by atoms with Crippen molar-refractivity contribution in [3.63, 3.8) is 0 Å². The van der Waals surface area contributed by atoms with Crippen LogP contribution in [-0.4, -0.2) is 20.9 Å². The Morgan fingerprint density at radius 3 is 2.92 bits per heavy atom. The van der Waals surface area contributed by atoms with Crippen molar-refractivity contribution in [3.05, 3.63) is 29.2 Å². The first-order valence-corrected chi connectivity index (χ1v) is 3.99. The SMILES string of the molecule is Cc1cc2ncc(C=O)c(C)n2n1. The number of carbonyl (C=O) groups excluding carboxylic acids is 1. The van der Waals surface area contributed by atoms with Crippen LogP contribution in [0.4, 0.5) is 0 Å². The third-order valence-electron chi connectivity index (χ3n) is 2.01. The molecule has 66 valence electrons. The first-order chi connectivity index (χ1) is 6.22. The minimum absolute atomic E-state index is 0.579. The molecule has 0 aliphatic heterocycles. The highest BCUT2D eigenvalue weighted by Gasteiger charge is 2.05. The molecule has 0 amide bonds. The molecule has 0 saturated carbocycles. The van der Waals surface area contributed by atoms with Crippen molar-refractivity contribution in [1.29, 1.82) is 0 Å². The topological polar surface area (TPSA) is 47.3 Å². The number of carbonyl (C=O) groups is 1. The van der Waals surface area contributed by atoms with Gasteiger partial charge in [-0.25, -0.2) is 9.50 Å². The molecule has 0 spiro atoms. The molecule has 0 aromatic carbocycles. The molecule has 13 heavy (non-hydrogen) atoms. The van der Waals surface area contributed by atoms with Crippen molar-refractivity contribution in [2.24, 2.45) is 0 Å². The summed E-state index contributed by atoms with van der Waals surface area (Å²) in [6, 6.07) is 1.88. The van der Waals surface area contributed by atoms with Gasteiger partial charge in [0, 0.05) is 12.3 Å². The summed E-state index contributed by atoms with van der Waals surface area (Å²) in [5.41, 5.74) is 3.09. The van der Waals surface area contributed by atoms with Crippen LogP contribution in [-0.2, 0) is 0 Å². The molecule has 0 bridgehead atoms. The minimum atomic E-state index is 0.579. The summed E-state index contributed by atoms with van der Waals surface area (Å²) in [6.07, 6.45) is 2.36. The molecule has 4 heteroatoms. The maximum Gasteiger partial charge on any atom is 0.155 e. The molecule has 2 aromatic heterocycles. The molecule has 0 unspecified atom stereocenters. The first-order valence-electron chi connectivity index (χ1n) is 3.99. The number of nitrogens with zero attached hydrogens (tertiary/aromatic N) is 3. The Kier molecular flexibility index (Phi) is 1.62. The van der Waals surface area contributed by atoms with Crippen molar-refractivity contribution in [2.75, 3.05) is 0 Å². The van der Waals surface area contributed by atoms with E-state index in [9.17, 15) is 4.79 Å². The van der Waals surface area contributed by atoms with Crippen LogP contribution in [0.25, 0.3) is 5.65 Å². The lowest BCUT2D eigenvalue weighted by molar-refractivity contribution is 0.112. The molecule has 0 aliphatic rings. The molecule has 0 radical (unpaired) electrons. The van der Waals surface area contributed by atoms with Gasteiger partial charge < -0.3 is 0 Å². The van der Waals surface area contributed by atoms with E-state index in [1.807, 2.05) is 19.9 Å². The highest BCUT2D eigenvalue weighted by molar-refractivity contribution is 5.76. The Balaban J connectivity index is 2.85. The third-order valence-corrected chi connectivity index (χ3v) is 2.01. The highest BCUT2D eigenvalue weighted by atomic mass is 16.1. The summed E-state index contributed by atoms with van der Waals surface area (Å²) in [7, 11) is 0. The second-order valence-electron chi connectivity index (χ2n) is 2.97. The fourth-order valence-corrected chi connectivity index (χ4v) is 1.29. The average Bonchev–Trinajstić information content (AvgIpc) is 2.47. The van der Waals surface area contributed by atoms with E-state index < -0.39 is 0 Å². The number of aromatic nitrogens is 3. The van der Waals surface area contributed by atoms with Crippen molar-refractivity contribution in [3.8, 4) is 0 Å². The lowest BCUT2D eigenvalue weighted by atomic mass is 10.3. The van der Waals surface area contributed by atoms with Gasteiger partial charge in [-0.05, 0) is 13.8 Å². The van der Waals surface area contributed by atoms with Crippen LogP contribution >= 0.6 is 0 Å². The van der Waals surface area contributed by atoms with E-state index in [1.54, 1.807) is 10.7 Å². The van der Waals surface area contributed by atoms with Crippen molar-refractivity contribution < 1.29 is 4.79 Å². The molecule has 2 rings (SSSR count). The van der Waals surface area contributed by atoms with Crippen LogP contribution in [0.3, 0.4) is 0 Å². The predicted octanol–water partition coefficient (Wildman–Crippen LogP) is 1.16. The van der Waals surface area contributed by atoms with E-state index in [0.29, 0.717) is 5.56 Å². The summed E-state index contributed by atoms with van der Waals surface area (Å²) in [6.45, 7) is 3.75. The number of rotatable bonds is 1. The lowest BCUT2D eigenvalue weighted by Crippen LogP contribution is -2.00. The van der Waals surface area contributed by atoms with Gasteiger partial charge in [0.05, 0.1) is 17.0 Å². The monoisotopic (exact) mass is 175 g/mol. The zero-order chi connectivity index (χ0) is 9.42. The standard InChI is InChI=1S/C9H9N3O/c1-6-3-9-10-4-8(5-13)7(2)12(9)11-6/h3-5H,1-2H3. The van der Waals surface area contributed by atoms with Crippen LogP contribution in [0.5, 0.6) is 0 Å². The lowest BCUT2D eigenvalue weighted by Gasteiger charge is -1.99. The summed E-state index contributed by atoms with van der Waals surface area (Å²) in [5, 5.41) is 4.22. The quantitative estimate of drug-likeness (QED) is 0.611. The van der Waals surface area contributed by atoms with Crippen LogP contribution in [0, 0.1) is 13.8 Å². The van der Waals surface area contributed by atoms with Gasteiger partial charge in [0.15, 0.2) is 11.9 Å². The fraction of sp³-hybridized carbons (Fsp3) is 0.222. The second kappa shape index (κ2) is 2.65. The van der Waals surface area contributed by atoms with Crippen molar-refractivity contribution in [1.82, 2.24) is 14.6 Å². The molecule has 4 nitrogen and oxygen atoms in total. The van der Waals surface area contributed by atoms with Crippen LogP contribution in [0.1, 0.15) is 21.7 Å².